The fraction of sp³-hybridized carbons (Fsp3) is 0.333. The van der Waals surface area contributed by atoms with Crippen molar-refractivity contribution in [1.29, 1.82) is 0 Å². The first-order valence-corrected chi connectivity index (χ1v) is 11.0. The largest absolute Gasteiger partial charge is 0.465 e. The molecule has 0 spiro atoms. The molecule has 1 saturated carbocycles. The molecule has 1 saturated heterocycles. The van der Waals surface area contributed by atoms with Gasteiger partial charge in [0.25, 0.3) is 5.91 Å². The molecule has 176 valence electrons. The van der Waals surface area contributed by atoms with Gasteiger partial charge in [0.1, 0.15) is 11.6 Å². The van der Waals surface area contributed by atoms with E-state index in [-0.39, 0.29) is 41.8 Å². The number of benzene rings is 1. The van der Waals surface area contributed by atoms with E-state index in [0.29, 0.717) is 18.8 Å². The number of pyridine rings is 1. The lowest BCUT2D eigenvalue weighted by atomic mass is 10.1. The Bertz CT molecular complexity index is 1200. The van der Waals surface area contributed by atoms with E-state index in [2.05, 4.69) is 15.0 Å². The summed E-state index contributed by atoms with van der Waals surface area (Å²) in [6.45, 7) is 1.47. The number of piperidine rings is 1. The monoisotopic (exact) mass is 465 g/mol. The Hall–Kier alpha value is -3.95. The second-order valence-electron chi connectivity index (χ2n) is 8.92. The molecule has 0 bridgehead atoms. The van der Waals surface area contributed by atoms with Gasteiger partial charge in [-0.3, -0.25) is 9.69 Å². The molecular weight excluding hydrogens is 441 g/mol. The molecule has 5 rings (SSSR count). The second-order valence-corrected chi connectivity index (χ2v) is 8.92. The maximum atomic E-state index is 13.1. The Balaban J connectivity index is 1.21. The highest BCUT2D eigenvalue weighted by Gasteiger charge is 2.60. The number of carboxylic acid groups (broad SMARTS) is 1. The summed E-state index contributed by atoms with van der Waals surface area (Å²) in [7, 11) is 3.23. The molecule has 2 fully saturated rings. The average Bonchev–Trinajstić information content (AvgIpc) is 3.17. The maximum absolute atomic E-state index is 13.1. The molecule has 1 aliphatic heterocycles. The van der Waals surface area contributed by atoms with Gasteiger partial charge in [0.05, 0.1) is 6.54 Å². The van der Waals surface area contributed by atoms with Crippen LogP contribution in [0.5, 0.6) is 0 Å². The average molecular weight is 465 g/mol. The Kier molecular flexibility index (Phi) is 5.43. The summed E-state index contributed by atoms with van der Waals surface area (Å²) in [4.78, 5) is 33.4. The van der Waals surface area contributed by atoms with Crippen molar-refractivity contribution >= 4 is 17.8 Å². The molecule has 2 aromatic heterocycles. The molecule has 1 N–H and O–H groups in total. The molecule has 1 aliphatic carbocycles. The lowest BCUT2D eigenvalue weighted by molar-refractivity contribution is 0.0816. The van der Waals surface area contributed by atoms with Crippen LogP contribution in [-0.2, 0) is 6.54 Å². The van der Waals surface area contributed by atoms with Gasteiger partial charge in [-0.15, -0.1) is 0 Å². The first kappa shape index (κ1) is 21.9. The van der Waals surface area contributed by atoms with E-state index in [1.807, 2.05) is 12.1 Å². The van der Waals surface area contributed by atoms with Crippen molar-refractivity contribution in [3.8, 4) is 11.1 Å². The molecule has 3 heterocycles. The first-order chi connectivity index (χ1) is 16.3. The van der Waals surface area contributed by atoms with Crippen LogP contribution in [0.2, 0.25) is 0 Å². The SMILES string of the molecule is CN(C)C(=O)c1cc(CN(C(=O)O)C2C3CN(c4ccc(-c5ccc(F)cc5)cn4)CC32)on1. The summed E-state index contributed by atoms with van der Waals surface area (Å²) >= 11 is 0. The predicted octanol–water partition coefficient (Wildman–Crippen LogP) is 3.19. The molecule has 2 atom stereocenters. The minimum Gasteiger partial charge on any atom is -0.465 e. The lowest BCUT2D eigenvalue weighted by Gasteiger charge is -2.25. The zero-order valence-corrected chi connectivity index (χ0v) is 18.8. The smallest absolute Gasteiger partial charge is 0.407 e. The van der Waals surface area contributed by atoms with E-state index < -0.39 is 6.09 Å². The van der Waals surface area contributed by atoms with Crippen LogP contribution in [0.25, 0.3) is 11.1 Å². The Morgan fingerprint density at radius 2 is 1.79 bits per heavy atom. The number of anilines is 1. The molecule has 2 aliphatic rings. The van der Waals surface area contributed by atoms with Crippen molar-refractivity contribution in [2.45, 2.75) is 12.6 Å². The summed E-state index contributed by atoms with van der Waals surface area (Å²) in [5.41, 5.74) is 1.95. The number of fused-ring (bicyclic) bond motifs is 1. The van der Waals surface area contributed by atoms with Crippen LogP contribution in [0.3, 0.4) is 0 Å². The molecule has 3 aromatic rings. The molecular formula is C24H24FN5O4. The third-order valence-corrected chi connectivity index (χ3v) is 6.51. The number of hydrogen-bond donors (Lipinski definition) is 1. The summed E-state index contributed by atoms with van der Waals surface area (Å²) < 4.78 is 18.4. The van der Waals surface area contributed by atoms with Crippen LogP contribution in [-0.4, -0.2) is 70.3 Å². The van der Waals surface area contributed by atoms with Crippen molar-refractivity contribution in [2.75, 3.05) is 32.1 Å². The fourth-order valence-electron chi connectivity index (χ4n) is 4.72. The Labute approximate surface area is 195 Å². The van der Waals surface area contributed by atoms with Crippen LogP contribution in [0.1, 0.15) is 16.2 Å². The summed E-state index contributed by atoms with van der Waals surface area (Å²) in [5, 5.41) is 13.5. The zero-order valence-electron chi connectivity index (χ0n) is 18.8. The van der Waals surface area contributed by atoms with Crippen LogP contribution in [0.15, 0.2) is 53.2 Å². The van der Waals surface area contributed by atoms with Crippen molar-refractivity contribution in [3.63, 3.8) is 0 Å². The Morgan fingerprint density at radius 3 is 2.38 bits per heavy atom. The standard InChI is InChI=1S/C24H24FN5O4/c1-28(2)23(31)20-9-17(34-27-20)11-30(24(32)33)22-18-12-29(13-19(18)22)21-8-5-15(10-26-21)14-3-6-16(25)7-4-14/h3-10,18-19,22H,11-13H2,1-2H3,(H,32,33). The van der Waals surface area contributed by atoms with E-state index in [4.69, 9.17) is 4.52 Å². The molecule has 2 unspecified atom stereocenters. The van der Waals surface area contributed by atoms with Gasteiger partial charge >= 0.3 is 6.09 Å². The number of amides is 2. The maximum Gasteiger partial charge on any atom is 0.407 e. The molecule has 34 heavy (non-hydrogen) atoms. The first-order valence-electron chi connectivity index (χ1n) is 11.0. The number of carbonyl (C=O) groups is 2. The summed E-state index contributed by atoms with van der Waals surface area (Å²) in [5.74, 6) is 1.02. The molecule has 9 nitrogen and oxygen atoms in total. The van der Waals surface area contributed by atoms with Crippen molar-refractivity contribution in [3.05, 3.63) is 65.9 Å². The van der Waals surface area contributed by atoms with Gasteiger partial charge in [0, 0.05) is 62.9 Å². The number of carbonyl (C=O) groups excluding carboxylic acids is 1. The van der Waals surface area contributed by atoms with Gasteiger partial charge in [-0.2, -0.15) is 0 Å². The highest BCUT2D eigenvalue weighted by atomic mass is 19.1. The fourth-order valence-corrected chi connectivity index (χ4v) is 4.72. The van der Waals surface area contributed by atoms with E-state index in [1.54, 1.807) is 32.4 Å². The molecule has 1 aromatic carbocycles. The number of rotatable bonds is 6. The molecule has 10 heteroatoms. The van der Waals surface area contributed by atoms with Crippen molar-refractivity contribution in [1.82, 2.24) is 19.9 Å². The number of hydrogen-bond acceptors (Lipinski definition) is 6. The highest BCUT2D eigenvalue weighted by Crippen LogP contribution is 2.50. The van der Waals surface area contributed by atoms with E-state index in [0.717, 1.165) is 16.9 Å². The summed E-state index contributed by atoms with van der Waals surface area (Å²) in [6, 6.07) is 11.6. The normalized spacial score (nSPS) is 20.7. The molecule has 0 radical (unpaired) electrons. The van der Waals surface area contributed by atoms with Crippen molar-refractivity contribution < 1.29 is 23.6 Å². The van der Waals surface area contributed by atoms with Gasteiger partial charge in [0.15, 0.2) is 11.5 Å². The minimum absolute atomic E-state index is 0.0469. The zero-order chi connectivity index (χ0) is 24.0. The second kappa shape index (κ2) is 8.44. The van der Waals surface area contributed by atoms with Crippen LogP contribution < -0.4 is 4.90 Å². The lowest BCUT2D eigenvalue weighted by Crippen LogP contribution is -2.37. The Morgan fingerprint density at radius 1 is 1.12 bits per heavy atom. The van der Waals surface area contributed by atoms with Crippen LogP contribution >= 0.6 is 0 Å². The van der Waals surface area contributed by atoms with E-state index in [1.165, 1.54) is 28.0 Å². The quantitative estimate of drug-likeness (QED) is 0.596. The van der Waals surface area contributed by atoms with E-state index in [9.17, 15) is 19.1 Å². The minimum atomic E-state index is -1.02. The van der Waals surface area contributed by atoms with Gasteiger partial charge in [-0.25, -0.2) is 14.2 Å². The molecule has 2 amide bonds. The van der Waals surface area contributed by atoms with Gasteiger partial charge < -0.3 is 19.4 Å². The van der Waals surface area contributed by atoms with Crippen molar-refractivity contribution in [2.24, 2.45) is 11.8 Å². The number of aromatic nitrogens is 2. The van der Waals surface area contributed by atoms with Crippen LogP contribution in [0.4, 0.5) is 15.0 Å². The number of halogens is 1. The van der Waals surface area contributed by atoms with E-state index >= 15 is 0 Å². The predicted molar refractivity (Wildman–Crippen MR) is 121 cm³/mol. The summed E-state index contributed by atoms with van der Waals surface area (Å²) in [6.07, 6.45) is 0.744. The highest BCUT2D eigenvalue weighted by molar-refractivity contribution is 5.91. The van der Waals surface area contributed by atoms with Crippen LogP contribution in [0, 0.1) is 17.7 Å². The third-order valence-electron chi connectivity index (χ3n) is 6.51. The number of nitrogens with zero attached hydrogens (tertiary/aromatic N) is 5. The topological polar surface area (TPSA) is 103 Å². The van der Waals surface area contributed by atoms with Gasteiger partial charge in [0.2, 0.25) is 0 Å². The van der Waals surface area contributed by atoms with Gasteiger partial charge in [-0.05, 0) is 29.8 Å². The van der Waals surface area contributed by atoms with Gasteiger partial charge in [-0.1, -0.05) is 17.3 Å². The third kappa shape index (κ3) is 4.07.